The zero-order valence-corrected chi connectivity index (χ0v) is 8.84. The largest absolute Gasteiger partial charge is 0.481 e. The van der Waals surface area contributed by atoms with Crippen LogP contribution in [0.5, 0.6) is 5.88 Å². The molecule has 1 rings (SSSR count). The van der Waals surface area contributed by atoms with Crippen molar-refractivity contribution in [3.05, 3.63) is 17.8 Å². The van der Waals surface area contributed by atoms with Crippen LogP contribution in [0.2, 0.25) is 0 Å². The fourth-order valence-electron chi connectivity index (χ4n) is 0.868. The highest BCUT2D eigenvalue weighted by Gasteiger charge is 1.99. The number of pyridine rings is 1. The number of hydrogen-bond donors (Lipinski definition) is 2. The summed E-state index contributed by atoms with van der Waals surface area (Å²) in [5.74, 6) is 7.05. The summed E-state index contributed by atoms with van der Waals surface area (Å²) in [7, 11) is 1.56. The van der Waals surface area contributed by atoms with Crippen LogP contribution in [-0.4, -0.2) is 17.8 Å². The summed E-state index contributed by atoms with van der Waals surface area (Å²) in [6.07, 6.45) is 0.724. The van der Waals surface area contributed by atoms with E-state index in [0.29, 0.717) is 17.3 Å². The normalized spacial score (nSPS) is 9.00. The average molecular weight is 208 g/mol. The van der Waals surface area contributed by atoms with Gasteiger partial charge >= 0.3 is 0 Å². The molecule has 1 aromatic heterocycles. The Hall–Kier alpha value is -1.34. The molecule has 3 nitrogen and oxygen atoms in total. The van der Waals surface area contributed by atoms with Gasteiger partial charge in [-0.05, 0) is 12.0 Å². The second-order valence-electron chi connectivity index (χ2n) is 2.57. The molecule has 0 amide bonds. The molecule has 4 heteroatoms. The lowest BCUT2D eigenvalue weighted by Crippen LogP contribution is -1.96. The first-order valence-corrected chi connectivity index (χ1v) is 4.81. The van der Waals surface area contributed by atoms with E-state index in [1.165, 1.54) is 0 Å². The van der Waals surface area contributed by atoms with Crippen molar-refractivity contribution >= 4 is 18.3 Å². The van der Waals surface area contributed by atoms with Gasteiger partial charge in [-0.25, -0.2) is 4.98 Å². The van der Waals surface area contributed by atoms with Gasteiger partial charge < -0.3 is 10.5 Å². The van der Waals surface area contributed by atoms with Gasteiger partial charge in [-0.2, -0.15) is 12.6 Å². The number of aromatic nitrogens is 1. The first kappa shape index (κ1) is 10.7. The molecular formula is C10H12N2OS. The van der Waals surface area contributed by atoms with E-state index in [2.05, 4.69) is 29.5 Å². The number of nitrogens with zero attached hydrogens (tertiary/aromatic N) is 1. The maximum Gasteiger partial charge on any atom is 0.214 e. The van der Waals surface area contributed by atoms with E-state index < -0.39 is 0 Å². The lowest BCUT2D eigenvalue weighted by atomic mass is 10.3. The van der Waals surface area contributed by atoms with E-state index in [4.69, 9.17) is 10.5 Å². The van der Waals surface area contributed by atoms with Gasteiger partial charge in [0, 0.05) is 18.2 Å². The van der Waals surface area contributed by atoms with Crippen molar-refractivity contribution in [2.75, 3.05) is 18.6 Å². The molecule has 0 atom stereocenters. The van der Waals surface area contributed by atoms with E-state index in [9.17, 15) is 0 Å². The van der Waals surface area contributed by atoms with Gasteiger partial charge in [-0.3, -0.25) is 0 Å². The Bertz CT molecular complexity index is 368. The van der Waals surface area contributed by atoms with E-state index >= 15 is 0 Å². The summed E-state index contributed by atoms with van der Waals surface area (Å²) in [5, 5.41) is 0. The molecule has 0 bridgehead atoms. The molecule has 0 aliphatic rings. The number of ether oxygens (including phenoxy) is 1. The predicted molar refractivity (Wildman–Crippen MR) is 60.5 cm³/mol. The maximum atomic E-state index is 5.69. The molecular weight excluding hydrogens is 196 g/mol. The summed E-state index contributed by atoms with van der Waals surface area (Å²) in [6.45, 7) is 0. The zero-order valence-electron chi connectivity index (χ0n) is 7.95. The third-order valence-corrected chi connectivity index (χ3v) is 1.78. The number of hydrogen-bond acceptors (Lipinski definition) is 4. The highest BCUT2D eigenvalue weighted by atomic mass is 32.1. The number of nitrogen functional groups attached to an aromatic ring is 1. The SMILES string of the molecule is COc1ccc(N)c(C#CCCS)n1. The molecule has 0 fully saturated rings. The van der Waals surface area contributed by atoms with E-state index in [-0.39, 0.29) is 0 Å². The molecule has 14 heavy (non-hydrogen) atoms. The second kappa shape index (κ2) is 5.40. The molecule has 0 radical (unpaired) electrons. The highest BCUT2D eigenvalue weighted by Crippen LogP contribution is 2.13. The van der Waals surface area contributed by atoms with Crippen LogP contribution in [0.4, 0.5) is 5.69 Å². The van der Waals surface area contributed by atoms with Crippen LogP contribution in [0, 0.1) is 11.8 Å². The summed E-state index contributed by atoms with van der Waals surface area (Å²) in [6, 6.07) is 3.44. The fourth-order valence-corrected chi connectivity index (χ4v) is 0.980. The molecule has 0 saturated carbocycles. The Morgan fingerprint density at radius 3 is 3.00 bits per heavy atom. The van der Waals surface area contributed by atoms with Crippen molar-refractivity contribution in [1.29, 1.82) is 0 Å². The minimum Gasteiger partial charge on any atom is -0.481 e. The summed E-state index contributed by atoms with van der Waals surface area (Å²) >= 11 is 4.05. The maximum absolute atomic E-state index is 5.69. The topological polar surface area (TPSA) is 48.1 Å². The lowest BCUT2D eigenvalue weighted by molar-refractivity contribution is 0.397. The van der Waals surface area contributed by atoms with Gasteiger partial charge in [-0.15, -0.1) is 0 Å². The molecule has 0 aliphatic heterocycles. The number of thiol groups is 1. The van der Waals surface area contributed by atoms with Crippen LogP contribution in [0.1, 0.15) is 12.1 Å². The van der Waals surface area contributed by atoms with Crippen LogP contribution in [-0.2, 0) is 0 Å². The Morgan fingerprint density at radius 2 is 2.36 bits per heavy atom. The van der Waals surface area contributed by atoms with Crippen LogP contribution in [0.15, 0.2) is 12.1 Å². The zero-order chi connectivity index (χ0) is 10.4. The third kappa shape index (κ3) is 2.86. The Kier molecular flexibility index (Phi) is 4.14. The molecule has 0 unspecified atom stereocenters. The first-order valence-electron chi connectivity index (χ1n) is 4.18. The van der Waals surface area contributed by atoms with Crippen LogP contribution < -0.4 is 10.5 Å². The van der Waals surface area contributed by atoms with Crippen molar-refractivity contribution in [2.24, 2.45) is 0 Å². The van der Waals surface area contributed by atoms with Gasteiger partial charge in [0.15, 0.2) is 0 Å². The predicted octanol–water partition coefficient (Wildman–Crippen LogP) is 1.34. The lowest BCUT2D eigenvalue weighted by Gasteiger charge is -2.00. The number of nitrogens with two attached hydrogens (primary N) is 1. The number of methoxy groups -OCH3 is 1. The Labute approximate surface area is 89.1 Å². The van der Waals surface area contributed by atoms with Crippen molar-refractivity contribution < 1.29 is 4.74 Å². The summed E-state index contributed by atoms with van der Waals surface area (Å²) in [5.41, 5.74) is 6.82. The molecule has 0 aliphatic carbocycles. The van der Waals surface area contributed by atoms with Gasteiger partial charge in [0.25, 0.3) is 0 Å². The standard InChI is InChI=1S/C10H12N2OS/c1-13-10-6-5-8(11)9(12-10)4-2-3-7-14/h5-6,14H,3,7,11H2,1H3. The van der Waals surface area contributed by atoms with Crippen molar-refractivity contribution in [3.8, 4) is 17.7 Å². The monoisotopic (exact) mass is 208 g/mol. The van der Waals surface area contributed by atoms with Crippen molar-refractivity contribution in [3.63, 3.8) is 0 Å². The smallest absolute Gasteiger partial charge is 0.214 e. The van der Waals surface area contributed by atoms with Crippen LogP contribution >= 0.6 is 12.6 Å². The van der Waals surface area contributed by atoms with Crippen molar-refractivity contribution in [1.82, 2.24) is 4.98 Å². The van der Waals surface area contributed by atoms with E-state index in [1.807, 2.05) is 0 Å². The van der Waals surface area contributed by atoms with Gasteiger partial charge in [0.2, 0.25) is 5.88 Å². The molecule has 1 heterocycles. The summed E-state index contributed by atoms with van der Waals surface area (Å²) in [4.78, 5) is 4.12. The molecule has 0 spiro atoms. The minimum absolute atomic E-state index is 0.523. The second-order valence-corrected chi connectivity index (χ2v) is 3.01. The Morgan fingerprint density at radius 1 is 1.57 bits per heavy atom. The molecule has 74 valence electrons. The number of anilines is 1. The van der Waals surface area contributed by atoms with E-state index in [0.717, 1.165) is 12.2 Å². The van der Waals surface area contributed by atoms with Crippen LogP contribution in [0.3, 0.4) is 0 Å². The quantitative estimate of drug-likeness (QED) is 0.569. The van der Waals surface area contributed by atoms with Gasteiger partial charge in [-0.1, -0.05) is 5.92 Å². The molecule has 0 aromatic carbocycles. The van der Waals surface area contributed by atoms with Gasteiger partial charge in [0.1, 0.15) is 5.69 Å². The minimum atomic E-state index is 0.523. The van der Waals surface area contributed by atoms with Crippen molar-refractivity contribution in [2.45, 2.75) is 6.42 Å². The number of rotatable bonds is 2. The average Bonchev–Trinajstić information content (AvgIpc) is 2.21. The third-order valence-electron chi connectivity index (χ3n) is 1.55. The molecule has 0 saturated heterocycles. The first-order chi connectivity index (χ1) is 6.77. The molecule has 1 aromatic rings. The Balaban J connectivity index is 2.91. The van der Waals surface area contributed by atoms with Gasteiger partial charge in [0.05, 0.1) is 12.8 Å². The van der Waals surface area contributed by atoms with E-state index in [1.54, 1.807) is 19.2 Å². The molecule has 2 N–H and O–H groups in total. The summed E-state index contributed by atoms with van der Waals surface area (Å²) < 4.78 is 4.97. The fraction of sp³-hybridized carbons (Fsp3) is 0.300. The van der Waals surface area contributed by atoms with Crippen LogP contribution in [0.25, 0.3) is 0 Å². The highest BCUT2D eigenvalue weighted by molar-refractivity contribution is 7.80.